The van der Waals surface area contributed by atoms with Crippen LogP contribution in [0.25, 0.3) is 0 Å². The Hall–Kier alpha value is -1.13. The highest BCUT2D eigenvalue weighted by atomic mass is 16.5. The van der Waals surface area contributed by atoms with E-state index in [1.165, 1.54) is 0 Å². The quantitative estimate of drug-likeness (QED) is 0.800. The highest BCUT2D eigenvalue weighted by Gasteiger charge is 2.06. The highest BCUT2D eigenvalue weighted by molar-refractivity contribution is 5.22. The second-order valence-corrected chi connectivity index (χ2v) is 3.60. The van der Waals surface area contributed by atoms with E-state index in [1.807, 2.05) is 26.0 Å². The molecule has 0 bridgehead atoms. The van der Waals surface area contributed by atoms with Crippen LogP contribution in [0.3, 0.4) is 0 Å². The van der Waals surface area contributed by atoms with Crippen LogP contribution >= 0.6 is 0 Å². The monoisotopic (exact) mass is 210 g/mol. The number of nitrogens with zero attached hydrogens (tertiary/aromatic N) is 1. The fourth-order valence-corrected chi connectivity index (χ4v) is 1.25. The molecular weight excluding hydrogens is 192 g/mol. The maximum atomic E-state index is 5.76. The molecule has 1 aromatic heterocycles. The fraction of sp³-hybridized carbons (Fsp3) is 0.545. The van der Waals surface area contributed by atoms with Crippen LogP contribution in [-0.4, -0.2) is 24.8 Å². The summed E-state index contributed by atoms with van der Waals surface area (Å²) in [6, 6.07) is 3.74. The number of methoxy groups -OCH3 is 1. The highest BCUT2D eigenvalue weighted by Crippen LogP contribution is 2.15. The molecule has 0 radical (unpaired) electrons. The predicted molar refractivity (Wildman–Crippen MR) is 58.8 cm³/mol. The largest absolute Gasteiger partial charge is 0.472 e. The van der Waals surface area contributed by atoms with Crippen molar-refractivity contribution in [2.24, 2.45) is 5.73 Å². The van der Waals surface area contributed by atoms with Crippen molar-refractivity contribution in [1.82, 2.24) is 4.98 Å². The molecule has 2 N–H and O–H groups in total. The van der Waals surface area contributed by atoms with Gasteiger partial charge >= 0.3 is 0 Å². The Morgan fingerprint density at radius 3 is 2.80 bits per heavy atom. The van der Waals surface area contributed by atoms with Crippen LogP contribution in [0.5, 0.6) is 5.88 Å². The minimum atomic E-state index is -0.00849. The van der Waals surface area contributed by atoms with E-state index < -0.39 is 0 Å². The van der Waals surface area contributed by atoms with Gasteiger partial charge in [0.2, 0.25) is 5.88 Å². The molecule has 2 atom stereocenters. The van der Waals surface area contributed by atoms with E-state index in [9.17, 15) is 0 Å². The Kier molecular flexibility index (Phi) is 4.52. The van der Waals surface area contributed by atoms with E-state index in [0.717, 1.165) is 5.56 Å². The number of aromatic nitrogens is 1. The Balaban J connectivity index is 2.65. The van der Waals surface area contributed by atoms with Crippen molar-refractivity contribution in [3.63, 3.8) is 0 Å². The van der Waals surface area contributed by atoms with Gasteiger partial charge in [0, 0.05) is 25.4 Å². The molecule has 4 heteroatoms. The summed E-state index contributed by atoms with van der Waals surface area (Å²) in [4.78, 5) is 4.11. The minimum Gasteiger partial charge on any atom is -0.472 e. The molecule has 0 amide bonds. The smallest absolute Gasteiger partial charge is 0.213 e. The van der Waals surface area contributed by atoms with E-state index in [-0.39, 0.29) is 12.1 Å². The lowest BCUT2D eigenvalue weighted by Gasteiger charge is -2.14. The summed E-state index contributed by atoms with van der Waals surface area (Å²) in [5.41, 5.74) is 6.78. The lowest BCUT2D eigenvalue weighted by Crippen LogP contribution is -2.18. The molecular formula is C11H18N2O2. The lowest BCUT2D eigenvalue weighted by atomic mass is 10.1. The maximum Gasteiger partial charge on any atom is 0.213 e. The van der Waals surface area contributed by atoms with E-state index in [2.05, 4.69) is 4.98 Å². The summed E-state index contributed by atoms with van der Waals surface area (Å²) in [6.45, 7) is 4.41. The Bertz CT molecular complexity index is 302. The number of hydrogen-bond donors (Lipinski definition) is 1. The summed E-state index contributed by atoms with van der Waals surface area (Å²) in [6.07, 6.45) is 1.69. The van der Waals surface area contributed by atoms with Gasteiger partial charge in [0.1, 0.15) is 6.10 Å². The zero-order valence-electron chi connectivity index (χ0n) is 9.43. The molecule has 0 saturated carbocycles. The van der Waals surface area contributed by atoms with Gasteiger partial charge in [-0.05, 0) is 25.5 Å². The standard InChI is InChI=1S/C11H18N2O2/c1-8(7-14-3)15-11-6-10(9(2)12)4-5-13-11/h4-6,8-9H,7,12H2,1-3H3. The van der Waals surface area contributed by atoms with E-state index in [4.69, 9.17) is 15.2 Å². The van der Waals surface area contributed by atoms with E-state index in [1.54, 1.807) is 13.3 Å². The average molecular weight is 210 g/mol. The molecule has 1 rings (SSSR count). The molecule has 84 valence electrons. The van der Waals surface area contributed by atoms with Crippen molar-refractivity contribution in [3.05, 3.63) is 23.9 Å². The number of rotatable bonds is 5. The van der Waals surface area contributed by atoms with Gasteiger partial charge in [-0.25, -0.2) is 4.98 Å². The number of nitrogens with two attached hydrogens (primary N) is 1. The SMILES string of the molecule is COCC(C)Oc1cc(C(C)N)ccn1. The second-order valence-electron chi connectivity index (χ2n) is 3.60. The Morgan fingerprint density at radius 2 is 2.20 bits per heavy atom. The molecule has 15 heavy (non-hydrogen) atoms. The van der Waals surface area contributed by atoms with Crippen LogP contribution in [0.4, 0.5) is 0 Å². The number of hydrogen-bond acceptors (Lipinski definition) is 4. The molecule has 1 heterocycles. The normalized spacial score (nSPS) is 14.7. The molecule has 0 spiro atoms. The van der Waals surface area contributed by atoms with Crippen LogP contribution in [0.1, 0.15) is 25.5 Å². The summed E-state index contributed by atoms with van der Waals surface area (Å²) < 4.78 is 10.5. The van der Waals surface area contributed by atoms with Crippen molar-refractivity contribution < 1.29 is 9.47 Å². The third kappa shape index (κ3) is 3.85. The first-order chi connectivity index (χ1) is 7.13. The molecule has 1 aromatic rings. The summed E-state index contributed by atoms with van der Waals surface area (Å²) in [5.74, 6) is 0.592. The van der Waals surface area contributed by atoms with Gasteiger partial charge < -0.3 is 15.2 Å². The van der Waals surface area contributed by atoms with Crippen LogP contribution in [0, 0.1) is 0 Å². The third-order valence-electron chi connectivity index (χ3n) is 2.01. The molecule has 0 fully saturated rings. The predicted octanol–water partition coefficient (Wildman–Crippen LogP) is 1.52. The van der Waals surface area contributed by atoms with Gasteiger partial charge in [-0.15, -0.1) is 0 Å². The summed E-state index contributed by atoms with van der Waals surface area (Å²) in [7, 11) is 1.64. The number of ether oxygens (including phenoxy) is 2. The first-order valence-electron chi connectivity index (χ1n) is 5.00. The lowest BCUT2D eigenvalue weighted by molar-refractivity contribution is 0.0889. The van der Waals surface area contributed by atoms with E-state index >= 15 is 0 Å². The Morgan fingerprint density at radius 1 is 1.47 bits per heavy atom. The van der Waals surface area contributed by atoms with Crippen LogP contribution in [0.15, 0.2) is 18.3 Å². The van der Waals surface area contributed by atoms with Crippen LogP contribution in [-0.2, 0) is 4.74 Å². The summed E-state index contributed by atoms with van der Waals surface area (Å²) >= 11 is 0. The van der Waals surface area contributed by atoms with Crippen molar-refractivity contribution >= 4 is 0 Å². The molecule has 4 nitrogen and oxygen atoms in total. The molecule has 0 aliphatic carbocycles. The van der Waals surface area contributed by atoms with Gasteiger partial charge in [-0.1, -0.05) is 0 Å². The maximum absolute atomic E-state index is 5.76. The zero-order valence-corrected chi connectivity index (χ0v) is 9.43. The second kappa shape index (κ2) is 5.68. The van der Waals surface area contributed by atoms with E-state index in [0.29, 0.717) is 12.5 Å². The fourth-order valence-electron chi connectivity index (χ4n) is 1.25. The van der Waals surface area contributed by atoms with Gasteiger partial charge in [0.25, 0.3) is 0 Å². The van der Waals surface area contributed by atoms with Gasteiger partial charge in [0.05, 0.1) is 6.61 Å². The van der Waals surface area contributed by atoms with Crippen molar-refractivity contribution in [2.45, 2.75) is 26.0 Å². The topological polar surface area (TPSA) is 57.4 Å². The van der Waals surface area contributed by atoms with Crippen molar-refractivity contribution in [2.75, 3.05) is 13.7 Å². The molecule has 0 aliphatic heterocycles. The van der Waals surface area contributed by atoms with Crippen LogP contribution in [0.2, 0.25) is 0 Å². The summed E-state index contributed by atoms with van der Waals surface area (Å²) in [5, 5.41) is 0. The molecule has 0 aliphatic rings. The zero-order chi connectivity index (χ0) is 11.3. The van der Waals surface area contributed by atoms with Crippen molar-refractivity contribution in [1.29, 1.82) is 0 Å². The molecule has 2 unspecified atom stereocenters. The molecule has 0 saturated heterocycles. The first-order valence-corrected chi connectivity index (χ1v) is 5.00. The minimum absolute atomic E-state index is 0.00641. The third-order valence-corrected chi connectivity index (χ3v) is 2.01. The van der Waals surface area contributed by atoms with Crippen molar-refractivity contribution in [3.8, 4) is 5.88 Å². The van der Waals surface area contributed by atoms with Gasteiger partial charge in [-0.3, -0.25) is 0 Å². The van der Waals surface area contributed by atoms with Gasteiger partial charge in [0.15, 0.2) is 0 Å². The first kappa shape index (κ1) is 11.9. The Labute approximate surface area is 90.4 Å². The number of pyridine rings is 1. The van der Waals surface area contributed by atoms with Gasteiger partial charge in [-0.2, -0.15) is 0 Å². The van der Waals surface area contributed by atoms with Crippen LogP contribution < -0.4 is 10.5 Å². The average Bonchev–Trinajstić information content (AvgIpc) is 2.18. The molecule has 0 aromatic carbocycles.